The summed E-state index contributed by atoms with van der Waals surface area (Å²) in [6.45, 7) is 7.66. The third kappa shape index (κ3) is 2.34. The van der Waals surface area contributed by atoms with E-state index in [4.69, 9.17) is 10.5 Å². The van der Waals surface area contributed by atoms with Crippen LogP contribution in [-0.2, 0) is 4.74 Å². The summed E-state index contributed by atoms with van der Waals surface area (Å²) in [4.78, 5) is 2.77. The van der Waals surface area contributed by atoms with Crippen molar-refractivity contribution in [2.45, 2.75) is 70.1 Å². The Morgan fingerprint density at radius 2 is 2.05 bits per heavy atom. The van der Waals surface area contributed by atoms with Gasteiger partial charge in [0, 0.05) is 24.7 Å². The van der Waals surface area contributed by atoms with E-state index >= 15 is 0 Å². The molecule has 1 heterocycles. The molecular formula is C16H30N2O. The van der Waals surface area contributed by atoms with Crippen molar-refractivity contribution in [1.82, 2.24) is 4.90 Å². The predicted octanol–water partition coefficient (Wildman–Crippen LogP) is 2.39. The number of ether oxygens (including phenoxy) is 1. The first kappa shape index (κ1) is 13.8. The smallest absolute Gasteiger partial charge is 0.0731 e. The third-order valence-corrected chi connectivity index (χ3v) is 6.21. The molecule has 0 radical (unpaired) electrons. The molecule has 3 fully saturated rings. The lowest BCUT2D eigenvalue weighted by Crippen LogP contribution is -2.64. The van der Waals surface area contributed by atoms with E-state index in [1.165, 1.54) is 38.5 Å². The monoisotopic (exact) mass is 266 g/mol. The van der Waals surface area contributed by atoms with Crippen molar-refractivity contribution in [1.29, 1.82) is 0 Å². The molecule has 3 aliphatic rings. The zero-order valence-corrected chi connectivity index (χ0v) is 12.6. The summed E-state index contributed by atoms with van der Waals surface area (Å²) in [5, 5.41) is 0. The first-order valence-electron chi connectivity index (χ1n) is 8.25. The molecule has 3 nitrogen and oxygen atoms in total. The first-order chi connectivity index (χ1) is 9.16. The van der Waals surface area contributed by atoms with Gasteiger partial charge in [-0.3, -0.25) is 4.90 Å². The quantitative estimate of drug-likeness (QED) is 0.834. The number of morpholine rings is 1. The van der Waals surface area contributed by atoms with Crippen LogP contribution >= 0.6 is 0 Å². The van der Waals surface area contributed by atoms with Gasteiger partial charge < -0.3 is 10.5 Å². The molecule has 5 unspecified atom stereocenters. The van der Waals surface area contributed by atoms with Crippen molar-refractivity contribution in [3.05, 3.63) is 0 Å². The molecule has 2 N–H and O–H groups in total. The second kappa shape index (κ2) is 5.34. The van der Waals surface area contributed by atoms with Crippen LogP contribution in [0.3, 0.4) is 0 Å². The lowest BCUT2D eigenvalue weighted by Gasteiger charge is -2.54. The molecule has 110 valence electrons. The Labute approximate surface area is 117 Å². The molecule has 0 spiro atoms. The Kier molecular flexibility index (Phi) is 3.89. The minimum Gasteiger partial charge on any atom is -0.375 e. The largest absolute Gasteiger partial charge is 0.375 e. The van der Waals surface area contributed by atoms with E-state index in [-0.39, 0.29) is 5.54 Å². The molecule has 3 heteroatoms. The topological polar surface area (TPSA) is 38.5 Å². The fraction of sp³-hybridized carbons (Fsp3) is 1.00. The minimum atomic E-state index is 0.267. The van der Waals surface area contributed by atoms with E-state index in [1.807, 2.05) is 0 Å². The van der Waals surface area contributed by atoms with Gasteiger partial charge in [0.2, 0.25) is 0 Å². The van der Waals surface area contributed by atoms with Crippen LogP contribution < -0.4 is 5.73 Å². The molecule has 0 bridgehead atoms. The second-order valence-corrected chi connectivity index (χ2v) is 7.23. The Morgan fingerprint density at radius 3 is 2.79 bits per heavy atom. The van der Waals surface area contributed by atoms with Gasteiger partial charge in [-0.1, -0.05) is 13.8 Å². The van der Waals surface area contributed by atoms with Gasteiger partial charge in [0.1, 0.15) is 0 Å². The number of rotatable bonds is 2. The molecule has 1 saturated heterocycles. The third-order valence-electron chi connectivity index (χ3n) is 6.21. The summed E-state index contributed by atoms with van der Waals surface area (Å²) < 4.78 is 5.98. The van der Waals surface area contributed by atoms with E-state index in [2.05, 4.69) is 18.7 Å². The molecule has 0 aromatic heterocycles. The number of hydrogen-bond acceptors (Lipinski definition) is 3. The fourth-order valence-electron chi connectivity index (χ4n) is 4.76. The molecule has 0 aromatic carbocycles. The van der Waals surface area contributed by atoms with Gasteiger partial charge in [-0.25, -0.2) is 0 Å². The van der Waals surface area contributed by atoms with Gasteiger partial charge in [0.15, 0.2) is 0 Å². The zero-order valence-electron chi connectivity index (χ0n) is 12.6. The second-order valence-electron chi connectivity index (χ2n) is 7.23. The zero-order chi connectivity index (χ0) is 13.5. The molecule has 0 amide bonds. The van der Waals surface area contributed by atoms with E-state index in [9.17, 15) is 0 Å². The van der Waals surface area contributed by atoms with Crippen LogP contribution in [0, 0.1) is 11.8 Å². The molecule has 2 aliphatic carbocycles. The van der Waals surface area contributed by atoms with Crippen molar-refractivity contribution in [2.24, 2.45) is 17.6 Å². The summed E-state index contributed by atoms with van der Waals surface area (Å²) >= 11 is 0. The average molecular weight is 266 g/mol. The minimum absolute atomic E-state index is 0.267. The van der Waals surface area contributed by atoms with Crippen LogP contribution in [0.5, 0.6) is 0 Å². The molecule has 1 aliphatic heterocycles. The van der Waals surface area contributed by atoms with E-state index in [1.54, 1.807) is 0 Å². The van der Waals surface area contributed by atoms with Crippen LogP contribution in [0.2, 0.25) is 0 Å². The Morgan fingerprint density at radius 1 is 1.21 bits per heavy atom. The SMILES string of the molecule is CC1CCC(CN)(N2CCOC3CCCC32)CC1C. The van der Waals surface area contributed by atoms with Crippen LogP contribution in [0.15, 0.2) is 0 Å². The maximum Gasteiger partial charge on any atom is 0.0731 e. The van der Waals surface area contributed by atoms with Crippen molar-refractivity contribution < 1.29 is 4.74 Å². The molecule has 19 heavy (non-hydrogen) atoms. The van der Waals surface area contributed by atoms with E-state index in [0.29, 0.717) is 12.1 Å². The normalized spacial score (nSPS) is 48.2. The highest BCUT2D eigenvalue weighted by atomic mass is 16.5. The maximum absolute atomic E-state index is 6.28. The Bertz CT molecular complexity index is 322. The molecule has 0 aromatic rings. The average Bonchev–Trinajstić information content (AvgIpc) is 2.90. The van der Waals surface area contributed by atoms with Gasteiger partial charge in [-0.15, -0.1) is 0 Å². The van der Waals surface area contributed by atoms with E-state index < -0.39 is 0 Å². The van der Waals surface area contributed by atoms with Crippen molar-refractivity contribution in [3.63, 3.8) is 0 Å². The standard InChI is InChI=1S/C16H30N2O/c1-12-6-7-16(11-17,10-13(12)2)18-8-9-19-15-5-3-4-14(15)18/h12-15H,3-11,17H2,1-2H3. The summed E-state index contributed by atoms with van der Waals surface area (Å²) in [6.07, 6.45) is 8.31. The van der Waals surface area contributed by atoms with Gasteiger partial charge in [0.05, 0.1) is 12.7 Å². The van der Waals surface area contributed by atoms with Gasteiger partial charge in [-0.05, 0) is 50.4 Å². The van der Waals surface area contributed by atoms with Crippen LogP contribution in [0.4, 0.5) is 0 Å². The predicted molar refractivity (Wildman–Crippen MR) is 78.0 cm³/mol. The highest BCUT2D eigenvalue weighted by Gasteiger charge is 2.48. The van der Waals surface area contributed by atoms with Crippen molar-refractivity contribution >= 4 is 0 Å². The number of nitrogens with two attached hydrogens (primary N) is 1. The van der Waals surface area contributed by atoms with Crippen LogP contribution in [-0.4, -0.2) is 42.3 Å². The fourth-order valence-corrected chi connectivity index (χ4v) is 4.76. The first-order valence-corrected chi connectivity index (χ1v) is 8.25. The molecule has 5 atom stereocenters. The highest BCUT2D eigenvalue weighted by Crippen LogP contribution is 2.43. The Hall–Kier alpha value is -0.120. The lowest BCUT2D eigenvalue weighted by atomic mass is 9.69. The molecule has 2 saturated carbocycles. The molecule has 3 rings (SSSR count). The number of nitrogens with zero attached hydrogens (tertiary/aromatic N) is 1. The van der Waals surface area contributed by atoms with Crippen LogP contribution in [0.1, 0.15) is 52.4 Å². The van der Waals surface area contributed by atoms with Gasteiger partial charge in [0.25, 0.3) is 0 Å². The summed E-state index contributed by atoms with van der Waals surface area (Å²) in [5.41, 5.74) is 6.54. The van der Waals surface area contributed by atoms with Crippen LogP contribution in [0.25, 0.3) is 0 Å². The van der Waals surface area contributed by atoms with Gasteiger partial charge in [-0.2, -0.15) is 0 Å². The van der Waals surface area contributed by atoms with Crippen molar-refractivity contribution in [2.75, 3.05) is 19.7 Å². The summed E-state index contributed by atoms with van der Waals surface area (Å²) in [5.74, 6) is 1.67. The summed E-state index contributed by atoms with van der Waals surface area (Å²) in [7, 11) is 0. The summed E-state index contributed by atoms with van der Waals surface area (Å²) in [6, 6.07) is 0.651. The van der Waals surface area contributed by atoms with Gasteiger partial charge >= 0.3 is 0 Å². The lowest BCUT2D eigenvalue weighted by molar-refractivity contribution is -0.114. The molecular weight excluding hydrogens is 236 g/mol. The van der Waals surface area contributed by atoms with E-state index in [0.717, 1.165) is 31.5 Å². The number of fused-ring (bicyclic) bond motifs is 1. The Balaban J connectivity index is 1.80. The van der Waals surface area contributed by atoms with Crippen molar-refractivity contribution in [3.8, 4) is 0 Å². The maximum atomic E-state index is 6.28. The highest BCUT2D eigenvalue weighted by molar-refractivity contribution is 5.03. The number of hydrogen-bond donors (Lipinski definition) is 1.